The molecule has 1 rings (SSSR count). The van der Waals surface area contributed by atoms with Crippen LogP contribution in [0.5, 0.6) is 5.75 Å². The molecule has 0 unspecified atom stereocenters. The number of nitrogens with two attached hydrogens (primary N) is 1. The first-order valence-corrected chi connectivity index (χ1v) is 4.53. The third kappa shape index (κ3) is 4.20. The van der Waals surface area contributed by atoms with Gasteiger partial charge in [-0.05, 0) is 24.3 Å². The zero-order valence-corrected chi connectivity index (χ0v) is 8.66. The van der Waals surface area contributed by atoms with Crippen molar-refractivity contribution in [3.63, 3.8) is 0 Å². The van der Waals surface area contributed by atoms with E-state index in [-0.39, 0.29) is 11.6 Å². The molecule has 0 aliphatic heterocycles. The molecule has 17 heavy (non-hydrogen) atoms. The minimum absolute atomic E-state index is 0.0596. The molecule has 1 aromatic rings. The average molecular weight is 238 g/mol. The minimum Gasteiger partial charge on any atom is -0.508 e. The Morgan fingerprint density at radius 3 is 2.41 bits per heavy atom. The van der Waals surface area contributed by atoms with Gasteiger partial charge in [0, 0.05) is 5.56 Å². The van der Waals surface area contributed by atoms with Crippen molar-refractivity contribution in [2.24, 2.45) is 10.9 Å². The molecule has 0 fully saturated rings. The zero-order valence-electron chi connectivity index (χ0n) is 8.66. The topological polar surface area (TPSA) is 122 Å². The molecule has 0 aliphatic carbocycles. The first-order chi connectivity index (χ1) is 7.99. The summed E-state index contributed by atoms with van der Waals surface area (Å²) in [5.74, 6) is -2.36. The summed E-state index contributed by atoms with van der Waals surface area (Å²) in [6.45, 7) is 0. The SMILES string of the molecule is N/C(=N\OC(=O)CC(=O)O)c1ccc(O)cc1. The molecule has 4 N–H and O–H groups in total. The van der Waals surface area contributed by atoms with Crippen molar-refractivity contribution in [3.8, 4) is 5.75 Å². The van der Waals surface area contributed by atoms with E-state index in [1.54, 1.807) is 0 Å². The second-order valence-corrected chi connectivity index (χ2v) is 3.06. The van der Waals surface area contributed by atoms with E-state index >= 15 is 0 Å². The van der Waals surface area contributed by atoms with Gasteiger partial charge in [-0.25, -0.2) is 4.79 Å². The summed E-state index contributed by atoms with van der Waals surface area (Å²) in [5, 5.41) is 20.6. The Hall–Kier alpha value is -2.57. The van der Waals surface area contributed by atoms with Gasteiger partial charge in [0.2, 0.25) is 0 Å². The second kappa shape index (κ2) is 5.50. The Labute approximate surface area is 96.1 Å². The van der Waals surface area contributed by atoms with E-state index in [0.717, 1.165) is 0 Å². The molecule has 0 atom stereocenters. The fourth-order valence-corrected chi connectivity index (χ4v) is 0.941. The molecule has 0 saturated carbocycles. The van der Waals surface area contributed by atoms with Gasteiger partial charge in [-0.2, -0.15) is 0 Å². The molecule has 0 aliphatic rings. The van der Waals surface area contributed by atoms with Gasteiger partial charge in [-0.3, -0.25) is 4.79 Å². The predicted molar refractivity (Wildman–Crippen MR) is 57.2 cm³/mol. The minimum atomic E-state index is -1.31. The normalized spacial score (nSPS) is 10.9. The van der Waals surface area contributed by atoms with Crippen molar-refractivity contribution in [1.82, 2.24) is 0 Å². The van der Waals surface area contributed by atoms with Crippen LogP contribution < -0.4 is 5.73 Å². The van der Waals surface area contributed by atoms with Gasteiger partial charge in [-0.1, -0.05) is 5.16 Å². The Kier molecular flexibility index (Phi) is 4.04. The van der Waals surface area contributed by atoms with Crippen molar-refractivity contribution in [1.29, 1.82) is 0 Å². The lowest BCUT2D eigenvalue weighted by molar-refractivity contribution is -0.151. The molecule has 90 valence electrons. The Bertz CT molecular complexity index is 452. The number of rotatable bonds is 4. The van der Waals surface area contributed by atoms with E-state index in [4.69, 9.17) is 15.9 Å². The van der Waals surface area contributed by atoms with E-state index in [9.17, 15) is 9.59 Å². The summed E-state index contributed by atoms with van der Waals surface area (Å²) in [6.07, 6.45) is -0.785. The van der Waals surface area contributed by atoms with Gasteiger partial charge in [-0.15, -0.1) is 0 Å². The van der Waals surface area contributed by atoms with Gasteiger partial charge in [0.15, 0.2) is 5.84 Å². The van der Waals surface area contributed by atoms with Gasteiger partial charge in [0.05, 0.1) is 0 Å². The van der Waals surface area contributed by atoms with Crippen molar-refractivity contribution < 1.29 is 24.6 Å². The van der Waals surface area contributed by atoms with Gasteiger partial charge in [0.1, 0.15) is 12.2 Å². The molecule has 0 heterocycles. The highest BCUT2D eigenvalue weighted by Crippen LogP contribution is 2.09. The van der Waals surface area contributed by atoms with Crippen LogP contribution in [0.3, 0.4) is 0 Å². The average Bonchev–Trinajstić information content (AvgIpc) is 2.26. The van der Waals surface area contributed by atoms with E-state index in [0.29, 0.717) is 5.56 Å². The molecule has 7 nitrogen and oxygen atoms in total. The molecule has 0 bridgehead atoms. The molecular weight excluding hydrogens is 228 g/mol. The number of phenols is 1. The van der Waals surface area contributed by atoms with Gasteiger partial charge < -0.3 is 20.8 Å². The lowest BCUT2D eigenvalue weighted by Gasteiger charge is -2.00. The van der Waals surface area contributed by atoms with E-state index in [2.05, 4.69) is 9.99 Å². The fourth-order valence-electron chi connectivity index (χ4n) is 0.941. The number of phenolic OH excluding ortho intramolecular Hbond substituents is 1. The second-order valence-electron chi connectivity index (χ2n) is 3.06. The molecular formula is C10H10N2O5. The van der Waals surface area contributed by atoms with Crippen LogP contribution in [0, 0.1) is 0 Å². The summed E-state index contributed by atoms with van der Waals surface area (Å²) >= 11 is 0. The Morgan fingerprint density at radius 1 is 1.29 bits per heavy atom. The summed E-state index contributed by atoms with van der Waals surface area (Å²) < 4.78 is 0. The maximum absolute atomic E-state index is 10.8. The monoisotopic (exact) mass is 238 g/mol. The van der Waals surface area contributed by atoms with Gasteiger partial charge in [0.25, 0.3) is 0 Å². The van der Waals surface area contributed by atoms with Crippen LogP contribution in [0.4, 0.5) is 0 Å². The van der Waals surface area contributed by atoms with Crippen molar-refractivity contribution >= 4 is 17.8 Å². The highest BCUT2D eigenvalue weighted by Gasteiger charge is 2.09. The van der Waals surface area contributed by atoms with E-state index < -0.39 is 18.4 Å². The number of carboxylic acid groups (broad SMARTS) is 1. The van der Waals surface area contributed by atoms with Crippen LogP contribution in [0.15, 0.2) is 29.4 Å². The van der Waals surface area contributed by atoms with Crippen LogP contribution in [-0.4, -0.2) is 28.0 Å². The predicted octanol–water partition coefficient (Wildman–Crippen LogP) is 0.0304. The standard InChI is InChI=1S/C10H10N2O5/c11-10(6-1-3-7(13)4-2-6)12-17-9(16)5-8(14)15/h1-4,13H,5H2,(H2,11,12)(H,14,15). The van der Waals surface area contributed by atoms with E-state index in [1.807, 2.05) is 0 Å². The largest absolute Gasteiger partial charge is 0.508 e. The molecule has 0 radical (unpaired) electrons. The molecule has 0 amide bonds. The van der Waals surface area contributed by atoms with Crippen molar-refractivity contribution in [3.05, 3.63) is 29.8 Å². The number of hydrogen-bond donors (Lipinski definition) is 3. The Balaban J connectivity index is 2.63. The van der Waals surface area contributed by atoms with Gasteiger partial charge >= 0.3 is 11.9 Å². The third-order valence-corrected chi connectivity index (χ3v) is 1.70. The zero-order chi connectivity index (χ0) is 12.8. The number of hydrogen-bond acceptors (Lipinski definition) is 5. The maximum atomic E-state index is 10.8. The van der Waals surface area contributed by atoms with Crippen LogP contribution >= 0.6 is 0 Å². The number of oxime groups is 1. The molecule has 0 spiro atoms. The number of benzene rings is 1. The number of nitrogens with zero attached hydrogens (tertiary/aromatic N) is 1. The number of aromatic hydroxyl groups is 1. The summed E-state index contributed by atoms with van der Waals surface area (Å²) in [7, 11) is 0. The molecule has 7 heteroatoms. The number of amidine groups is 1. The van der Waals surface area contributed by atoms with Crippen LogP contribution in [0.1, 0.15) is 12.0 Å². The lowest BCUT2D eigenvalue weighted by Crippen LogP contribution is -2.16. The van der Waals surface area contributed by atoms with Crippen molar-refractivity contribution in [2.45, 2.75) is 6.42 Å². The fraction of sp³-hybridized carbons (Fsp3) is 0.100. The van der Waals surface area contributed by atoms with E-state index in [1.165, 1.54) is 24.3 Å². The smallest absolute Gasteiger partial charge is 0.346 e. The molecule has 1 aromatic carbocycles. The van der Waals surface area contributed by atoms with Crippen LogP contribution in [-0.2, 0) is 14.4 Å². The van der Waals surface area contributed by atoms with Crippen molar-refractivity contribution in [2.75, 3.05) is 0 Å². The highest BCUT2D eigenvalue weighted by atomic mass is 16.7. The third-order valence-electron chi connectivity index (χ3n) is 1.70. The number of carbonyl (C=O) groups excluding carboxylic acids is 1. The highest BCUT2D eigenvalue weighted by molar-refractivity contribution is 5.98. The summed E-state index contributed by atoms with van der Waals surface area (Å²) in [4.78, 5) is 25.3. The quantitative estimate of drug-likeness (QED) is 0.223. The first kappa shape index (κ1) is 12.5. The van der Waals surface area contributed by atoms with Crippen LogP contribution in [0.2, 0.25) is 0 Å². The van der Waals surface area contributed by atoms with Crippen LogP contribution in [0.25, 0.3) is 0 Å². The molecule has 0 aromatic heterocycles. The summed E-state index contributed by atoms with van der Waals surface area (Å²) in [5.41, 5.74) is 5.90. The number of carboxylic acids is 1. The Morgan fingerprint density at radius 2 is 1.88 bits per heavy atom. The maximum Gasteiger partial charge on any atom is 0.346 e. The number of aliphatic carboxylic acids is 1. The number of carbonyl (C=O) groups is 2. The summed E-state index contributed by atoms with van der Waals surface area (Å²) in [6, 6.07) is 5.71. The first-order valence-electron chi connectivity index (χ1n) is 4.53. The molecule has 0 saturated heterocycles. The lowest BCUT2D eigenvalue weighted by atomic mass is 10.2.